The molecule has 12 rings (SSSR count). The summed E-state index contributed by atoms with van der Waals surface area (Å²) in [6.45, 7) is 0. The molecule has 2 heterocycles. The molecule has 2 aromatic heterocycles. The van der Waals surface area contributed by atoms with Crippen LogP contribution in [0.25, 0.3) is 115 Å². The fraction of sp³-hybridized carbons (Fsp3) is 0. The molecule has 0 saturated carbocycles. The summed E-state index contributed by atoms with van der Waals surface area (Å²) in [4.78, 5) is 0. The molecule has 0 unspecified atom stereocenters. The molecule has 0 bridgehead atoms. The van der Waals surface area contributed by atoms with Gasteiger partial charge in [-0.3, -0.25) is 0 Å². The molecule has 0 aliphatic heterocycles. The molecule has 0 aliphatic rings. The molecule has 0 amide bonds. The first-order chi connectivity index (χ1) is 27.8. The van der Waals surface area contributed by atoms with Crippen molar-refractivity contribution in [2.45, 2.75) is 0 Å². The second kappa shape index (κ2) is 12.0. The lowest BCUT2D eigenvalue weighted by atomic mass is 9.85. The van der Waals surface area contributed by atoms with Gasteiger partial charge in [-0.25, -0.2) is 0 Å². The average Bonchev–Trinajstić information content (AvgIpc) is 3.81. The Balaban J connectivity index is 1.00. The van der Waals surface area contributed by atoms with Crippen molar-refractivity contribution in [2.75, 3.05) is 0 Å². The van der Waals surface area contributed by atoms with Gasteiger partial charge in [0.15, 0.2) is 0 Å². The van der Waals surface area contributed by atoms with Crippen molar-refractivity contribution in [2.24, 2.45) is 0 Å². The van der Waals surface area contributed by atoms with Gasteiger partial charge in [-0.2, -0.15) is 0 Å². The molecular weight excluding hydrogens is 679 g/mol. The van der Waals surface area contributed by atoms with E-state index >= 15 is 0 Å². The molecule has 0 atom stereocenters. The summed E-state index contributed by atoms with van der Waals surface area (Å²) in [6, 6.07) is 72.8. The second-order valence-corrected chi connectivity index (χ2v) is 14.8. The molecule has 0 N–H and O–H groups in total. The van der Waals surface area contributed by atoms with Crippen LogP contribution in [0.3, 0.4) is 0 Å². The summed E-state index contributed by atoms with van der Waals surface area (Å²) in [5.41, 5.74) is 12.8. The third-order valence-corrected chi connectivity index (χ3v) is 11.8. The van der Waals surface area contributed by atoms with Crippen LogP contribution in [-0.4, -0.2) is 4.57 Å². The number of rotatable bonds is 4. The van der Waals surface area contributed by atoms with Gasteiger partial charge in [-0.1, -0.05) is 152 Å². The van der Waals surface area contributed by atoms with E-state index in [0.29, 0.717) is 0 Å². The normalized spacial score (nSPS) is 11.9. The number of nitrogens with zero attached hydrogens (tertiary/aromatic N) is 1. The Hall–Kier alpha value is -7.42. The first-order valence-electron chi connectivity index (χ1n) is 19.3. The minimum atomic E-state index is 0.909. The third-order valence-electron chi connectivity index (χ3n) is 11.8. The molecule has 10 aromatic carbocycles. The Morgan fingerprint density at radius 2 is 0.839 bits per heavy atom. The maximum Gasteiger partial charge on any atom is 0.143 e. The minimum absolute atomic E-state index is 0.909. The summed E-state index contributed by atoms with van der Waals surface area (Å²) in [7, 11) is 0. The maximum absolute atomic E-state index is 6.51. The molecule has 12 aromatic rings. The predicted octanol–water partition coefficient (Wildman–Crippen LogP) is 15.1. The Morgan fingerprint density at radius 1 is 0.304 bits per heavy atom. The zero-order valence-corrected chi connectivity index (χ0v) is 30.4. The average molecular weight is 712 g/mol. The van der Waals surface area contributed by atoms with Gasteiger partial charge in [0.05, 0.1) is 11.0 Å². The lowest BCUT2D eigenvalue weighted by molar-refractivity contribution is 0.672. The molecule has 0 fully saturated rings. The SMILES string of the molecule is c1ccc(-n2c3ccccc3c3cc(-c4ccc(-c5c6ccccc6c(-c6ccc7oc8c9ccccc9ccc8c7c6)c6ccccc56)cc4)ccc32)cc1. The van der Waals surface area contributed by atoms with Gasteiger partial charge in [0.2, 0.25) is 0 Å². The van der Waals surface area contributed by atoms with E-state index in [9.17, 15) is 0 Å². The highest BCUT2D eigenvalue weighted by Crippen LogP contribution is 2.45. The standard InChI is InChI=1S/C54H33NO/c1-2-13-39(14-3-1)55-49-21-11-10-16-41(49)47-32-37(27-30-50(47)55)34-22-24-36(25-23-34)52-42-17-6-8-19-44(42)53(45-20-9-7-18-43(45)52)38-28-31-51-48(33-38)46-29-26-35-12-4-5-15-40(35)54(46)56-51/h1-33H. The lowest BCUT2D eigenvalue weighted by Gasteiger charge is -2.18. The van der Waals surface area contributed by atoms with Crippen LogP contribution in [0.5, 0.6) is 0 Å². The van der Waals surface area contributed by atoms with Crippen molar-refractivity contribution in [1.82, 2.24) is 4.57 Å². The van der Waals surface area contributed by atoms with Crippen molar-refractivity contribution >= 4 is 76.1 Å². The fourth-order valence-corrected chi connectivity index (χ4v) is 9.25. The molecule has 260 valence electrons. The number of para-hydroxylation sites is 2. The Bertz CT molecular complexity index is 3460. The molecule has 0 saturated heterocycles. The summed E-state index contributed by atoms with van der Waals surface area (Å²) in [5, 5.41) is 12.1. The molecule has 0 radical (unpaired) electrons. The van der Waals surface area contributed by atoms with Gasteiger partial charge in [0.1, 0.15) is 11.2 Å². The van der Waals surface area contributed by atoms with Gasteiger partial charge in [0.25, 0.3) is 0 Å². The summed E-state index contributed by atoms with van der Waals surface area (Å²) in [6.07, 6.45) is 0. The van der Waals surface area contributed by atoms with Crippen LogP contribution in [0.15, 0.2) is 205 Å². The van der Waals surface area contributed by atoms with Crippen LogP contribution < -0.4 is 0 Å². The van der Waals surface area contributed by atoms with Crippen molar-refractivity contribution in [3.8, 4) is 39.1 Å². The molecule has 0 spiro atoms. The number of fused-ring (bicyclic) bond motifs is 10. The highest BCUT2D eigenvalue weighted by Gasteiger charge is 2.19. The van der Waals surface area contributed by atoms with E-state index in [2.05, 4.69) is 205 Å². The Kier molecular flexibility index (Phi) is 6.66. The largest absolute Gasteiger partial charge is 0.455 e. The minimum Gasteiger partial charge on any atom is -0.455 e. The van der Waals surface area contributed by atoms with Crippen LogP contribution in [0.4, 0.5) is 0 Å². The van der Waals surface area contributed by atoms with Crippen LogP contribution >= 0.6 is 0 Å². The summed E-state index contributed by atoms with van der Waals surface area (Å²) in [5.74, 6) is 0. The highest BCUT2D eigenvalue weighted by atomic mass is 16.3. The number of furan rings is 1. The van der Waals surface area contributed by atoms with Gasteiger partial charge >= 0.3 is 0 Å². The molecule has 2 heteroatoms. The maximum atomic E-state index is 6.51. The number of hydrogen-bond acceptors (Lipinski definition) is 1. The highest BCUT2D eigenvalue weighted by molar-refractivity contribution is 6.23. The van der Waals surface area contributed by atoms with E-state index in [0.717, 1.165) is 27.3 Å². The van der Waals surface area contributed by atoms with E-state index < -0.39 is 0 Å². The topological polar surface area (TPSA) is 18.1 Å². The first-order valence-corrected chi connectivity index (χ1v) is 19.3. The van der Waals surface area contributed by atoms with Crippen molar-refractivity contribution < 1.29 is 4.42 Å². The number of hydrogen-bond donors (Lipinski definition) is 0. The van der Waals surface area contributed by atoms with Gasteiger partial charge < -0.3 is 8.98 Å². The molecule has 2 nitrogen and oxygen atoms in total. The van der Waals surface area contributed by atoms with E-state index in [1.54, 1.807) is 0 Å². The fourth-order valence-electron chi connectivity index (χ4n) is 9.25. The van der Waals surface area contributed by atoms with Gasteiger partial charge in [-0.15, -0.1) is 0 Å². The van der Waals surface area contributed by atoms with Crippen molar-refractivity contribution in [1.29, 1.82) is 0 Å². The quantitative estimate of drug-likeness (QED) is 0.166. The smallest absolute Gasteiger partial charge is 0.143 e. The van der Waals surface area contributed by atoms with Crippen LogP contribution in [0.1, 0.15) is 0 Å². The predicted molar refractivity (Wildman–Crippen MR) is 237 cm³/mol. The van der Waals surface area contributed by atoms with E-state index in [1.807, 2.05) is 0 Å². The zero-order chi connectivity index (χ0) is 36.7. The lowest BCUT2D eigenvalue weighted by Crippen LogP contribution is -1.92. The second-order valence-electron chi connectivity index (χ2n) is 14.8. The van der Waals surface area contributed by atoms with Crippen LogP contribution in [0.2, 0.25) is 0 Å². The van der Waals surface area contributed by atoms with Gasteiger partial charge in [0, 0.05) is 32.6 Å². The van der Waals surface area contributed by atoms with Crippen LogP contribution in [0, 0.1) is 0 Å². The van der Waals surface area contributed by atoms with Crippen molar-refractivity contribution in [3.05, 3.63) is 200 Å². The molecule has 56 heavy (non-hydrogen) atoms. The summed E-state index contributed by atoms with van der Waals surface area (Å²) < 4.78 is 8.88. The third kappa shape index (κ3) is 4.57. The Morgan fingerprint density at radius 3 is 1.57 bits per heavy atom. The zero-order valence-electron chi connectivity index (χ0n) is 30.4. The summed E-state index contributed by atoms with van der Waals surface area (Å²) >= 11 is 0. The first kappa shape index (κ1) is 31.0. The van der Waals surface area contributed by atoms with Crippen molar-refractivity contribution in [3.63, 3.8) is 0 Å². The van der Waals surface area contributed by atoms with Crippen LogP contribution in [-0.2, 0) is 0 Å². The van der Waals surface area contributed by atoms with E-state index in [-0.39, 0.29) is 0 Å². The molecular formula is C54H33NO. The monoisotopic (exact) mass is 711 g/mol. The van der Waals surface area contributed by atoms with Gasteiger partial charge in [-0.05, 0) is 109 Å². The molecule has 0 aliphatic carbocycles. The van der Waals surface area contributed by atoms with E-state index in [1.165, 1.54) is 87.8 Å². The number of benzene rings is 10. The van der Waals surface area contributed by atoms with E-state index in [4.69, 9.17) is 4.42 Å². The number of aromatic nitrogens is 1. The Labute approximate surface area is 323 Å².